The molecular formula is C7H13O3. The van der Waals surface area contributed by atoms with Crippen LogP contribution in [0, 0.1) is 0 Å². The predicted molar refractivity (Wildman–Crippen MR) is 37.2 cm³/mol. The largest absolute Gasteiger partial charge is 0.454 e. The summed E-state index contributed by atoms with van der Waals surface area (Å²) in [6, 6.07) is 0. The Balaban J connectivity index is 3.04. The zero-order valence-electron chi connectivity index (χ0n) is 6.17. The summed E-state index contributed by atoms with van der Waals surface area (Å²) in [5.74, 6) is 0. The van der Waals surface area contributed by atoms with E-state index in [1.54, 1.807) is 0 Å². The molecular weight excluding hydrogens is 132 g/mol. The van der Waals surface area contributed by atoms with Crippen molar-refractivity contribution < 1.29 is 14.6 Å². The van der Waals surface area contributed by atoms with Gasteiger partial charge in [0, 0.05) is 6.61 Å². The Bertz CT molecular complexity index is 82.9. The van der Waals surface area contributed by atoms with Gasteiger partial charge in [-0.2, -0.15) is 0 Å². The molecule has 0 fully saturated rings. The van der Waals surface area contributed by atoms with Crippen LogP contribution < -0.4 is 0 Å². The maximum Gasteiger partial charge on any atom is 0.417 e. The molecule has 0 aromatic heterocycles. The monoisotopic (exact) mass is 145 g/mol. The van der Waals surface area contributed by atoms with Gasteiger partial charge in [0.05, 0.1) is 6.10 Å². The molecule has 0 aliphatic heterocycles. The van der Waals surface area contributed by atoms with Crippen molar-refractivity contribution in [3.63, 3.8) is 0 Å². The predicted octanol–water partition coefficient (Wildman–Crippen LogP) is 0.621. The second-order valence-corrected chi connectivity index (χ2v) is 2.23. The van der Waals surface area contributed by atoms with Gasteiger partial charge in [-0.3, -0.25) is 0 Å². The van der Waals surface area contributed by atoms with Crippen LogP contribution in [0.2, 0.25) is 0 Å². The quantitative estimate of drug-likeness (QED) is 0.557. The van der Waals surface area contributed by atoms with Crippen molar-refractivity contribution in [3.8, 4) is 0 Å². The summed E-state index contributed by atoms with van der Waals surface area (Å²) in [7, 11) is 0. The average Bonchev–Trinajstić information content (AvgIpc) is 1.89. The lowest BCUT2D eigenvalue weighted by Crippen LogP contribution is -2.06. The standard InChI is InChI=1S/C7H13O3/c1-7(10-6-9)4-2-3-5-8/h7-8H,2-5H2,1H3. The van der Waals surface area contributed by atoms with Crippen LogP contribution in [0.25, 0.3) is 0 Å². The van der Waals surface area contributed by atoms with Gasteiger partial charge in [-0.15, -0.1) is 0 Å². The van der Waals surface area contributed by atoms with Gasteiger partial charge in [0.2, 0.25) is 0 Å². The van der Waals surface area contributed by atoms with E-state index in [2.05, 4.69) is 4.74 Å². The lowest BCUT2D eigenvalue weighted by molar-refractivity contribution is 0.177. The number of aliphatic hydroxyl groups excluding tert-OH is 1. The number of hydrogen-bond donors (Lipinski definition) is 1. The maximum absolute atomic E-state index is 9.65. The van der Waals surface area contributed by atoms with Crippen molar-refractivity contribution in [3.05, 3.63) is 0 Å². The summed E-state index contributed by atoms with van der Waals surface area (Å²) in [6.07, 6.45) is 2.39. The minimum absolute atomic E-state index is 0.0657. The van der Waals surface area contributed by atoms with Crippen molar-refractivity contribution in [2.45, 2.75) is 32.3 Å². The van der Waals surface area contributed by atoms with Crippen molar-refractivity contribution in [1.82, 2.24) is 0 Å². The number of aliphatic hydroxyl groups is 1. The van der Waals surface area contributed by atoms with Crippen LogP contribution in [0.4, 0.5) is 0 Å². The average molecular weight is 145 g/mol. The number of hydrogen-bond acceptors (Lipinski definition) is 3. The molecule has 0 aromatic rings. The highest BCUT2D eigenvalue weighted by molar-refractivity contribution is 5.38. The molecule has 0 bridgehead atoms. The first kappa shape index (κ1) is 9.43. The molecule has 0 saturated carbocycles. The van der Waals surface area contributed by atoms with Gasteiger partial charge in [-0.1, -0.05) is 0 Å². The highest BCUT2D eigenvalue weighted by Crippen LogP contribution is 2.01. The Morgan fingerprint density at radius 1 is 1.60 bits per heavy atom. The van der Waals surface area contributed by atoms with Crippen LogP contribution in [-0.2, 0) is 9.53 Å². The van der Waals surface area contributed by atoms with Crippen LogP contribution in [0.15, 0.2) is 0 Å². The Morgan fingerprint density at radius 2 is 2.30 bits per heavy atom. The van der Waals surface area contributed by atoms with E-state index in [1.165, 1.54) is 6.47 Å². The molecule has 0 rings (SSSR count). The van der Waals surface area contributed by atoms with Crippen LogP contribution in [-0.4, -0.2) is 24.3 Å². The number of unbranched alkanes of at least 4 members (excludes halogenated alkanes) is 1. The van der Waals surface area contributed by atoms with Crippen LogP contribution in [0.3, 0.4) is 0 Å². The SMILES string of the molecule is CC(CCCCO)O[C]=O. The van der Waals surface area contributed by atoms with E-state index < -0.39 is 0 Å². The first-order chi connectivity index (χ1) is 4.81. The van der Waals surface area contributed by atoms with E-state index in [9.17, 15) is 4.79 Å². The molecule has 1 radical (unpaired) electrons. The third kappa shape index (κ3) is 5.56. The lowest BCUT2D eigenvalue weighted by atomic mass is 10.2. The van der Waals surface area contributed by atoms with Gasteiger partial charge >= 0.3 is 6.47 Å². The number of ether oxygens (including phenoxy) is 1. The van der Waals surface area contributed by atoms with Crippen LogP contribution in [0.1, 0.15) is 26.2 Å². The summed E-state index contributed by atoms with van der Waals surface area (Å²) in [5, 5.41) is 8.39. The molecule has 1 unspecified atom stereocenters. The van der Waals surface area contributed by atoms with E-state index in [0.717, 1.165) is 19.3 Å². The van der Waals surface area contributed by atoms with E-state index in [0.29, 0.717) is 0 Å². The van der Waals surface area contributed by atoms with Gasteiger partial charge in [-0.05, 0) is 26.2 Å². The second kappa shape index (κ2) is 6.55. The zero-order valence-corrected chi connectivity index (χ0v) is 6.17. The Labute approximate surface area is 61.0 Å². The molecule has 1 atom stereocenters. The molecule has 0 aliphatic rings. The zero-order chi connectivity index (χ0) is 7.82. The molecule has 0 amide bonds. The highest BCUT2D eigenvalue weighted by Gasteiger charge is 1.99. The first-order valence-corrected chi connectivity index (χ1v) is 3.45. The third-order valence-electron chi connectivity index (χ3n) is 1.27. The second-order valence-electron chi connectivity index (χ2n) is 2.23. The fraction of sp³-hybridized carbons (Fsp3) is 0.857. The summed E-state index contributed by atoms with van der Waals surface area (Å²) < 4.78 is 4.50. The molecule has 0 heterocycles. The molecule has 3 nitrogen and oxygen atoms in total. The van der Waals surface area contributed by atoms with Crippen molar-refractivity contribution >= 4 is 6.47 Å². The van der Waals surface area contributed by atoms with E-state index in [1.807, 2.05) is 6.92 Å². The fourth-order valence-electron chi connectivity index (χ4n) is 0.685. The number of rotatable bonds is 6. The molecule has 1 N–H and O–H groups in total. The topological polar surface area (TPSA) is 46.5 Å². The third-order valence-corrected chi connectivity index (χ3v) is 1.27. The fourth-order valence-corrected chi connectivity index (χ4v) is 0.685. The van der Waals surface area contributed by atoms with E-state index in [-0.39, 0.29) is 12.7 Å². The van der Waals surface area contributed by atoms with E-state index >= 15 is 0 Å². The lowest BCUT2D eigenvalue weighted by Gasteiger charge is -2.06. The normalized spacial score (nSPS) is 12.6. The van der Waals surface area contributed by atoms with Crippen molar-refractivity contribution in [2.24, 2.45) is 0 Å². The minimum atomic E-state index is -0.0657. The molecule has 59 valence electrons. The molecule has 0 aromatic carbocycles. The maximum atomic E-state index is 9.65. The van der Waals surface area contributed by atoms with Gasteiger partial charge in [0.15, 0.2) is 0 Å². The van der Waals surface area contributed by atoms with Crippen molar-refractivity contribution in [2.75, 3.05) is 6.61 Å². The molecule has 0 saturated heterocycles. The van der Waals surface area contributed by atoms with Gasteiger partial charge in [0.25, 0.3) is 0 Å². The van der Waals surface area contributed by atoms with Crippen molar-refractivity contribution in [1.29, 1.82) is 0 Å². The summed E-state index contributed by atoms with van der Waals surface area (Å²) in [4.78, 5) is 9.65. The number of carbonyl (C=O) groups excluding carboxylic acids is 1. The molecule has 3 heteroatoms. The Morgan fingerprint density at radius 3 is 2.80 bits per heavy atom. The first-order valence-electron chi connectivity index (χ1n) is 3.45. The molecule has 10 heavy (non-hydrogen) atoms. The Kier molecular flexibility index (Phi) is 6.18. The Hall–Kier alpha value is -0.570. The molecule has 0 aliphatic carbocycles. The highest BCUT2D eigenvalue weighted by atomic mass is 16.5. The van der Waals surface area contributed by atoms with E-state index in [4.69, 9.17) is 5.11 Å². The van der Waals surface area contributed by atoms with Crippen LogP contribution in [0.5, 0.6) is 0 Å². The smallest absolute Gasteiger partial charge is 0.417 e. The molecule has 0 spiro atoms. The van der Waals surface area contributed by atoms with Crippen LogP contribution >= 0.6 is 0 Å². The summed E-state index contributed by atoms with van der Waals surface area (Å²) in [5.41, 5.74) is 0. The van der Waals surface area contributed by atoms with Gasteiger partial charge in [0.1, 0.15) is 0 Å². The summed E-state index contributed by atoms with van der Waals surface area (Å²) >= 11 is 0. The summed E-state index contributed by atoms with van der Waals surface area (Å²) in [6.45, 7) is 3.40. The minimum Gasteiger partial charge on any atom is -0.454 e. The van der Waals surface area contributed by atoms with Gasteiger partial charge < -0.3 is 9.84 Å². The van der Waals surface area contributed by atoms with Gasteiger partial charge in [-0.25, -0.2) is 4.79 Å².